The highest BCUT2D eigenvalue weighted by molar-refractivity contribution is 6.39. The number of ether oxygens (including phenoxy) is 2. The molecule has 1 heterocycles. The second kappa shape index (κ2) is 10.8. The third-order valence-electron chi connectivity index (χ3n) is 5.34. The predicted molar refractivity (Wildman–Crippen MR) is 135 cm³/mol. The van der Waals surface area contributed by atoms with Gasteiger partial charge in [0, 0.05) is 11.5 Å². The Balaban J connectivity index is 1.46. The van der Waals surface area contributed by atoms with Gasteiger partial charge in [0.15, 0.2) is 0 Å². The lowest BCUT2D eigenvalue weighted by molar-refractivity contribution is 0.0696. The standard InChI is InChI=1S/C27H23Cl2NO5/c1-16(2)26-21(25(30-35-26)24-22(28)7-4-8-23(24)29)15-34-19-11-9-17(10-12-19)14-33-20-6-3-5-18(13-20)27(31)32/h3-13,16H,14-15H2,1-2H3,(H,31,32). The zero-order chi connectivity index (χ0) is 24.9. The van der Waals surface area contributed by atoms with Crippen LogP contribution in [0.2, 0.25) is 10.0 Å². The minimum atomic E-state index is -0.995. The Labute approximate surface area is 213 Å². The molecule has 4 rings (SSSR count). The molecule has 1 aromatic heterocycles. The van der Waals surface area contributed by atoms with Gasteiger partial charge in [0.2, 0.25) is 0 Å². The summed E-state index contributed by atoms with van der Waals surface area (Å²) >= 11 is 12.8. The number of halogens is 2. The fourth-order valence-corrected chi connectivity index (χ4v) is 4.14. The van der Waals surface area contributed by atoms with E-state index in [1.807, 2.05) is 38.1 Å². The summed E-state index contributed by atoms with van der Waals surface area (Å²) in [7, 11) is 0. The Morgan fingerprint density at radius 1 is 0.943 bits per heavy atom. The van der Waals surface area contributed by atoms with E-state index >= 15 is 0 Å². The highest BCUT2D eigenvalue weighted by atomic mass is 35.5. The summed E-state index contributed by atoms with van der Waals surface area (Å²) in [5.74, 6) is 0.962. The number of rotatable bonds is 9. The second-order valence-corrected chi connectivity index (χ2v) is 8.99. The first-order valence-corrected chi connectivity index (χ1v) is 11.7. The number of nitrogens with zero attached hydrogens (tertiary/aromatic N) is 1. The van der Waals surface area contributed by atoms with Gasteiger partial charge in [-0.2, -0.15) is 0 Å². The smallest absolute Gasteiger partial charge is 0.335 e. The monoisotopic (exact) mass is 511 g/mol. The van der Waals surface area contributed by atoms with Crippen LogP contribution in [0.15, 0.2) is 71.3 Å². The predicted octanol–water partition coefficient (Wildman–Crippen LogP) is 7.63. The lowest BCUT2D eigenvalue weighted by Gasteiger charge is -2.11. The highest BCUT2D eigenvalue weighted by Crippen LogP contribution is 2.38. The van der Waals surface area contributed by atoms with E-state index in [0.717, 1.165) is 11.1 Å². The van der Waals surface area contributed by atoms with Crippen molar-refractivity contribution in [2.24, 2.45) is 0 Å². The van der Waals surface area contributed by atoms with Gasteiger partial charge in [0.25, 0.3) is 0 Å². The van der Waals surface area contributed by atoms with Crippen molar-refractivity contribution >= 4 is 29.2 Å². The second-order valence-electron chi connectivity index (χ2n) is 8.18. The lowest BCUT2D eigenvalue weighted by atomic mass is 10.0. The van der Waals surface area contributed by atoms with Crippen molar-refractivity contribution in [1.82, 2.24) is 5.16 Å². The number of aromatic nitrogens is 1. The van der Waals surface area contributed by atoms with Crippen molar-refractivity contribution in [1.29, 1.82) is 0 Å². The van der Waals surface area contributed by atoms with Gasteiger partial charge in [-0.05, 0) is 48.0 Å². The highest BCUT2D eigenvalue weighted by Gasteiger charge is 2.23. The summed E-state index contributed by atoms with van der Waals surface area (Å²) in [4.78, 5) is 11.1. The van der Waals surface area contributed by atoms with E-state index in [2.05, 4.69) is 5.16 Å². The Hall–Kier alpha value is -3.48. The summed E-state index contributed by atoms with van der Waals surface area (Å²) < 4.78 is 17.4. The molecule has 0 saturated heterocycles. The first kappa shape index (κ1) is 24.6. The van der Waals surface area contributed by atoms with Gasteiger partial charge in [-0.25, -0.2) is 4.79 Å². The summed E-state index contributed by atoms with van der Waals surface area (Å²) in [6, 6.07) is 19.1. The summed E-state index contributed by atoms with van der Waals surface area (Å²) in [6.07, 6.45) is 0. The van der Waals surface area contributed by atoms with E-state index in [-0.39, 0.29) is 18.1 Å². The third-order valence-corrected chi connectivity index (χ3v) is 5.97. The molecule has 0 spiro atoms. The molecule has 4 aromatic rings. The Morgan fingerprint density at radius 3 is 2.26 bits per heavy atom. The minimum Gasteiger partial charge on any atom is -0.489 e. The number of hydrogen-bond acceptors (Lipinski definition) is 5. The van der Waals surface area contributed by atoms with Crippen LogP contribution in [0.4, 0.5) is 0 Å². The van der Waals surface area contributed by atoms with Crippen molar-refractivity contribution in [3.05, 3.63) is 99.2 Å². The van der Waals surface area contributed by atoms with Gasteiger partial charge < -0.3 is 19.1 Å². The van der Waals surface area contributed by atoms with E-state index in [1.165, 1.54) is 12.1 Å². The Kier molecular flexibility index (Phi) is 7.63. The molecule has 1 N–H and O–H groups in total. The van der Waals surface area contributed by atoms with Gasteiger partial charge >= 0.3 is 5.97 Å². The molecule has 0 atom stereocenters. The molecular formula is C27H23Cl2NO5. The van der Waals surface area contributed by atoms with E-state index < -0.39 is 5.97 Å². The van der Waals surface area contributed by atoms with Gasteiger partial charge in [0.1, 0.15) is 36.2 Å². The minimum absolute atomic E-state index is 0.0928. The van der Waals surface area contributed by atoms with Crippen molar-refractivity contribution in [2.45, 2.75) is 33.0 Å². The molecular weight excluding hydrogens is 489 g/mol. The van der Waals surface area contributed by atoms with Crippen LogP contribution in [-0.4, -0.2) is 16.2 Å². The zero-order valence-corrected chi connectivity index (χ0v) is 20.6. The SMILES string of the molecule is CC(C)c1onc(-c2c(Cl)cccc2Cl)c1COc1ccc(COc2cccc(C(=O)O)c2)cc1. The average molecular weight is 512 g/mol. The molecule has 0 fully saturated rings. The van der Waals surface area contributed by atoms with Crippen LogP contribution in [0, 0.1) is 0 Å². The molecule has 0 aliphatic carbocycles. The van der Waals surface area contributed by atoms with Crippen LogP contribution in [0.1, 0.15) is 47.0 Å². The zero-order valence-electron chi connectivity index (χ0n) is 19.1. The molecule has 6 nitrogen and oxygen atoms in total. The normalized spacial score (nSPS) is 11.0. The van der Waals surface area contributed by atoms with Crippen LogP contribution in [-0.2, 0) is 13.2 Å². The molecule has 3 aromatic carbocycles. The van der Waals surface area contributed by atoms with Crippen LogP contribution in [0.25, 0.3) is 11.3 Å². The maximum Gasteiger partial charge on any atom is 0.335 e. The fourth-order valence-electron chi connectivity index (χ4n) is 3.56. The van der Waals surface area contributed by atoms with E-state index in [9.17, 15) is 4.79 Å². The molecule has 35 heavy (non-hydrogen) atoms. The number of carboxylic acids is 1. The van der Waals surface area contributed by atoms with Gasteiger partial charge in [-0.15, -0.1) is 0 Å². The van der Waals surface area contributed by atoms with Crippen LogP contribution in [0.5, 0.6) is 11.5 Å². The van der Waals surface area contributed by atoms with Crippen molar-refractivity contribution < 1.29 is 23.9 Å². The number of aromatic carboxylic acids is 1. The molecule has 8 heteroatoms. The topological polar surface area (TPSA) is 81.8 Å². The van der Waals surface area contributed by atoms with Gasteiger partial charge in [0.05, 0.1) is 21.2 Å². The van der Waals surface area contributed by atoms with Gasteiger partial charge in [-0.1, -0.05) is 66.5 Å². The molecule has 0 amide bonds. The van der Waals surface area contributed by atoms with E-state index in [1.54, 1.807) is 30.3 Å². The number of carboxylic acid groups (broad SMARTS) is 1. The Morgan fingerprint density at radius 2 is 1.60 bits per heavy atom. The molecule has 0 unspecified atom stereocenters. The van der Waals surface area contributed by atoms with Gasteiger partial charge in [-0.3, -0.25) is 0 Å². The van der Waals surface area contributed by atoms with E-state index in [0.29, 0.717) is 45.2 Å². The molecule has 180 valence electrons. The van der Waals surface area contributed by atoms with Crippen molar-refractivity contribution in [3.63, 3.8) is 0 Å². The number of benzene rings is 3. The lowest BCUT2D eigenvalue weighted by Crippen LogP contribution is -2.02. The van der Waals surface area contributed by atoms with Crippen molar-refractivity contribution in [3.8, 4) is 22.8 Å². The largest absolute Gasteiger partial charge is 0.489 e. The number of hydrogen-bond donors (Lipinski definition) is 1. The first-order chi connectivity index (χ1) is 16.8. The quantitative estimate of drug-likeness (QED) is 0.248. The molecule has 0 saturated carbocycles. The van der Waals surface area contributed by atoms with Crippen molar-refractivity contribution in [2.75, 3.05) is 0 Å². The molecule has 0 bridgehead atoms. The summed E-state index contributed by atoms with van der Waals surface area (Å²) in [6.45, 7) is 4.55. The molecule has 0 radical (unpaired) electrons. The van der Waals surface area contributed by atoms with Crippen LogP contribution < -0.4 is 9.47 Å². The average Bonchev–Trinajstić information content (AvgIpc) is 3.26. The van der Waals surface area contributed by atoms with E-state index in [4.69, 9.17) is 42.3 Å². The first-order valence-electron chi connectivity index (χ1n) is 10.9. The fraction of sp³-hybridized carbons (Fsp3) is 0.185. The summed E-state index contributed by atoms with van der Waals surface area (Å²) in [5, 5.41) is 14.3. The maximum absolute atomic E-state index is 11.1. The number of carbonyl (C=O) groups is 1. The molecule has 0 aliphatic rings. The van der Waals surface area contributed by atoms with Crippen LogP contribution in [0.3, 0.4) is 0 Å². The molecule has 0 aliphatic heterocycles. The summed E-state index contributed by atoms with van der Waals surface area (Å²) in [5.41, 5.74) is 3.07. The maximum atomic E-state index is 11.1. The van der Waals surface area contributed by atoms with Crippen LogP contribution >= 0.6 is 23.2 Å². The third kappa shape index (κ3) is 5.78. The Bertz CT molecular complexity index is 1310.